The van der Waals surface area contributed by atoms with E-state index in [1.165, 1.54) is 0 Å². The molecular weight excluding hydrogens is 304 g/mol. The van der Waals surface area contributed by atoms with Gasteiger partial charge in [-0.3, -0.25) is 0 Å². The van der Waals surface area contributed by atoms with Crippen molar-refractivity contribution in [2.45, 2.75) is 25.5 Å². The van der Waals surface area contributed by atoms with Crippen LogP contribution in [0.3, 0.4) is 0 Å². The number of fused-ring (bicyclic) bond motifs is 1. The molecule has 24 heavy (non-hydrogen) atoms. The van der Waals surface area contributed by atoms with Crippen molar-refractivity contribution in [3.8, 4) is 11.3 Å². The highest BCUT2D eigenvalue weighted by Crippen LogP contribution is 2.22. The maximum absolute atomic E-state index is 9.34. The fourth-order valence-corrected chi connectivity index (χ4v) is 3.03. The quantitative estimate of drug-likeness (QED) is 0.771. The van der Waals surface area contributed by atoms with Crippen molar-refractivity contribution in [1.29, 1.82) is 0 Å². The van der Waals surface area contributed by atoms with Gasteiger partial charge < -0.3 is 15.2 Å². The smallest absolute Gasteiger partial charge is 0.154 e. The zero-order valence-electron chi connectivity index (χ0n) is 13.4. The van der Waals surface area contributed by atoms with Gasteiger partial charge in [-0.15, -0.1) is 5.10 Å². The summed E-state index contributed by atoms with van der Waals surface area (Å²) in [6.07, 6.45) is 3.81. The fourth-order valence-electron chi connectivity index (χ4n) is 3.03. The average molecular weight is 324 g/mol. The number of ether oxygens (including phenoxy) is 1. The highest BCUT2D eigenvalue weighted by Gasteiger charge is 2.15. The molecule has 2 aromatic heterocycles. The molecule has 0 atom stereocenters. The standard InChI is InChI=1S/C18H20N4O2/c23-12-13-2-1-3-14(10-13)16-11-19-18-5-4-17(21-22(16)18)20-15-6-8-24-9-7-15/h1-5,10-11,15,23H,6-9,12H2,(H,20,21). The van der Waals surface area contributed by atoms with E-state index in [0.717, 1.165) is 54.3 Å². The van der Waals surface area contributed by atoms with Gasteiger partial charge in [-0.1, -0.05) is 18.2 Å². The molecule has 2 N–H and O–H groups in total. The molecule has 124 valence electrons. The second-order valence-corrected chi connectivity index (χ2v) is 6.02. The predicted molar refractivity (Wildman–Crippen MR) is 91.8 cm³/mol. The second-order valence-electron chi connectivity index (χ2n) is 6.02. The number of nitrogens with zero attached hydrogens (tertiary/aromatic N) is 3. The van der Waals surface area contributed by atoms with E-state index >= 15 is 0 Å². The largest absolute Gasteiger partial charge is 0.392 e. The van der Waals surface area contributed by atoms with E-state index in [-0.39, 0.29) is 6.61 Å². The third kappa shape index (κ3) is 2.98. The molecule has 6 heteroatoms. The van der Waals surface area contributed by atoms with E-state index in [1.807, 2.05) is 47.1 Å². The molecular formula is C18H20N4O2. The summed E-state index contributed by atoms with van der Waals surface area (Å²) in [4.78, 5) is 4.43. The Kier molecular flexibility index (Phi) is 4.15. The molecule has 0 bridgehead atoms. The maximum Gasteiger partial charge on any atom is 0.154 e. The normalized spacial score (nSPS) is 15.7. The van der Waals surface area contributed by atoms with Crippen molar-refractivity contribution in [2.75, 3.05) is 18.5 Å². The molecule has 1 aliphatic rings. The number of aromatic nitrogens is 3. The van der Waals surface area contributed by atoms with Crippen LogP contribution in [0.15, 0.2) is 42.6 Å². The van der Waals surface area contributed by atoms with Crippen LogP contribution < -0.4 is 5.32 Å². The highest BCUT2D eigenvalue weighted by molar-refractivity contribution is 5.64. The lowest BCUT2D eigenvalue weighted by Gasteiger charge is -2.23. The number of hydrogen-bond donors (Lipinski definition) is 2. The average Bonchev–Trinajstić information content (AvgIpc) is 3.06. The molecule has 1 aromatic carbocycles. The van der Waals surface area contributed by atoms with Crippen LogP contribution >= 0.6 is 0 Å². The van der Waals surface area contributed by atoms with E-state index in [0.29, 0.717) is 6.04 Å². The first-order valence-corrected chi connectivity index (χ1v) is 8.23. The fraction of sp³-hybridized carbons (Fsp3) is 0.333. The predicted octanol–water partition coefficient (Wildman–Crippen LogP) is 2.48. The lowest BCUT2D eigenvalue weighted by molar-refractivity contribution is 0.0903. The summed E-state index contributed by atoms with van der Waals surface area (Å²) in [5, 5.41) is 17.5. The summed E-state index contributed by atoms with van der Waals surface area (Å²) in [6.45, 7) is 1.61. The van der Waals surface area contributed by atoms with Gasteiger partial charge in [-0.25, -0.2) is 9.50 Å². The summed E-state index contributed by atoms with van der Waals surface area (Å²) in [7, 11) is 0. The minimum absolute atomic E-state index is 0.0224. The number of anilines is 1. The lowest BCUT2D eigenvalue weighted by Crippen LogP contribution is -2.28. The third-order valence-electron chi connectivity index (χ3n) is 4.34. The maximum atomic E-state index is 9.34. The van der Waals surface area contributed by atoms with Crippen LogP contribution in [-0.4, -0.2) is 39.0 Å². The first-order valence-electron chi connectivity index (χ1n) is 8.23. The third-order valence-corrected chi connectivity index (χ3v) is 4.34. The zero-order valence-corrected chi connectivity index (χ0v) is 13.4. The van der Waals surface area contributed by atoms with Crippen LogP contribution in [0.25, 0.3) is 16.9 Å². The van der Waals surface area contributed by atoms with E-state index in [9.17, 15) is 5.11 Å². The van der Waals surface area contributed by atoms with Gasteiger partial charge in [0.25, 0.3) is 0 Å². The molecule has 1 saturated heterocycles. The van der Waals surface area contributed by atoms with Crippen molar-refractivity contribution < 1.29 is 9.84 Å². The van der Waals surface area contributed by atoms with Crippen LogP contribution in [0, 0.1) is 0 Å². The summed E-state index contributed by atoms with van der Waals surface area (Å²) in [6, 6.07) is 12.1. The number of rotatable bonds is 4. The van der Waals surface area contributed by atoms with Gasteiger partial charge in [0.2, 0.25) is 0 Å². The molecule has 3 aromatic rings. The second kappa shape index (κ2) is 6.59. The van der Waals surface area contributed by atoms with Crippen LogP contribution in [0.2, 0.25) is 0 Å². The Hall–Kier alpha value is -2.44. The number of hydrogen-bond acceptors (Lipinski definition) is 5. The molecule has 0 amide bonds. The molecule has 1 aliphatic heterocycles. The molecule has 6 nitrogen and oxygen atoms in total. The highest BCUT2D eigenvalue weighted by atomic mass is 16.5. The zero-order chi connectivity index (χ0) is 16.4. The van der Waals surface area contributed by atoms with Crippen molar-refractivity contribution in [3.05, 3.63) is 48.2 Å². The van der Waals surface area contributed by atoms with Crippen molar-refractivity contribution in [1.82, 2.24) is 14.6 Å². The molecule has 0 spiro atoms. The van der Waals surface area contributed by atoms with Gasteiger partial charge in [0.05, 0.1) is 18.5 Å². The van der Waals surface area contributed by atoms with Gasteiger partial charge in [0.15, 0.2) is 5.65 Å². The number of nitrogens with one attached hydrogen (secondary N) is 1. The van der Waals surface area contributed by atoms with Crippen LogP contribution in [0.4, 0.5) is 5.82 Å². The summed E-state index contributed by atoms with van der Waals surface area (Å²) in [5.74, 6) is 0.840. The first kappa shape index (κ1) is 15.1. The molecule has 4 rings (SSSR count). The summed E-state index contributed by atoms with van der Waals surface area (Å²) >= 11 is 0. The van der Waals surface area contributed by atoms with E-state index < -0.39 is 0 Å². The van der Waals surface area contributed by atoms with Gasteiger partial charge in [0.1, 0.15) is 5.82 Å². The van der Waals surface area contributed by atoms with Crippen molar-refractivity contribution in [2.24, 2.45) is 0 Å². The first-order chi connectivity index (χ1) is 11.8. The monoisotopic (exact) mass is 324 g/mol. The molecule has 0 radical (unpaired) electrons. The minimum atomic E-state index is 0.0224. The Morgan fingerprint density at radius 2 is 2.08 bits per heavy atom. The van der Waals surface area contributed by atoms with Crippen LogP contribution in [0.1, 0.15) is 18.4 Å². The Balaban J connectivity index is 1.67. The topological polar surface area (TPSA) is 71.7 Å². The molecule has 0 saturated carbocycles. The van der Waals surface area contributed by atoms with Crippen molar-refractivity contribution in [3.63, 3.8) is 0 Å². The molecule has 0 unspecified atom stereocenters. The van der Waals surface area contributed by atoms with E-state index in [2.05, 4.69) is 10.3 Å². The van der Waals surface area contributed by atoms with Crippen LogP contribution in [0.5, 0.6) is 0 Å². The number of aliphatic hydroxyl groups excluding tert-OH is 1. The van der Waals surface area contributed by atoms with Gasteiger partial charge in [-0.05, 0) is 36.6 Å². The Labute approximate surface area is 140 Å². The van der Waals surface area contributed by atoms with Gasteiger partial charge in [-0.2, -0.15) is 0 Å². The van der Waals surface area contributed by atoms with E-state index in [1.54, 1.807) is 0 Å². The Morgan fingerprint density at radius 1 is 1.21 bits per heavy atom. The van der Waals surface area contributed by atoms with Crippen LogP contribution in [-0.2, 0) is 11.3 Å². The van der Waals surface area contributed by atoms with Crippen molar-refractivity contribution >= 4 is 11.5 Å². The minimum Gasteiger partial charge on any atom is -0.392 e. The van der Waals surface area contributed by atoms with Gasteiger partial charge >= 0.3 is 0 Å². The number of imidazole rings is 1. The molecule has 3 heterocycles. The Bertz CT molecular complexity index is 840. The Morgan fingerprint density at radius 3 is 2.92 bits per heavy atom. The number of benzene rings is 1. The molecule has 0 aliphatic carbocycles. The summed E-state index contributed by atoms with van der Waals surface area (Å²) < 4.78 is 7.24. The lowest BCUT2D eigenvalue weighted by atomic mass is 10.1. The number of aliphatic hydroxyl groups is 1. The molecule has 1 fully saturated rings. The summed E-state index contributed by atoms with van der Waals surface area (Å²) in [5.41, 5.74) is 3.58. The SMILES string of the molecule is OCc1cccc(-c2cnc3ccc(NC4CCOCC4)nn23)c1. The van der Waals surface area contributed by atoms with Gasteiger partial charge in [0, 0.05) is 24.8 Å². The van der Waals surface area contributed by atoms with E-state index in [4.69, 9.17) is 9.84 Å².